The summed E-state index contributed by atoms with van der Waals surface area (Å²) in [5.41, 5.74) is 8.75. The third-order valence-electron chi connectivity index (χ3n) is 12.5. The molecule has 14 heteroatoms. The van der Waals surface area contributed by atoms with Gasteiger partial charge in [0.25, 0.3) is 11.5 Å². The topological polar surface area (TPSA) is 120 Å². The van der Waals surface area contributed by atoms with Gasteiger partial charge in [-0.1, -0.05) is 24.3 Å². The van der Waals surface area contributed by atoms with E-state index in [0.29, 0.717) is 66.1 Å². The van der Waals surface area contributed by atoms with Gasteiger partial charge in [-0.3, -0.25) is 38.6 Å². The van der Waals surface area contributed by atoms with Gasteiger partial charge < -0.3 is 14.0 Å². The number of halogens is 2. The first-order valence-corrected chi connectivity index (χ1v) is 19.6. The molecule has 3 aliphatic rings. The number of nitrogens with zero attached hydrogens (tertiary/aromatic N) is 5. The number of rotatable bonds is 8. The monoisotopic (exact) mass is 794 g/mol. The van der Waals surface area contributed by atoms with Gasteiger partial charge in [0.2, 0.25) is 11.8 Å². The quantitative estimate of drug-likeness (QED) is 0.212. The largest absolute Gasteiger partial charge is 0.496 e. The van der Waals surface area contributed by atoms with Gasteiger partial charge >= 0.3 is 5.69 Å². The van der Waals surface area contributed by atoms with E-state index < -0.39 is 30.5 Å². The maximum atomic E-state index is 16.2. The van der Waals surface area contributed by atoms with Gasteiger partial charge in [0, 0.05) is 64.0 Å². The van der Waals surface area contributed by atoms with Crippen LogP contribution in [0, 0.1) is 13.8 Å². The van der Waals surface area contributed by atoms with Crippen LogP contribution in [0.4, 0.5) is 8.78 Å². The lowest BCUT2D eigenvalue weighted by molar-refractivity contribution is -0.135. The highest BCUT2D eigenvalue weighted by molar-refractivity contribution is 6.00. The van der Waals surface area contributed by atoms with Gasteiger partial charge in [0.05, 0.1) is 43.4 Å². The molecule has 1 N–H and O–H groups in total. The standard InChI is InChI=1S/C44H48F2N6O6/c1-25-26(2)42(55)48(3)22-32(25)31-19-37(57-5)33(38(20-31)58-6)23-50-15-14-39(44(45,46)24-50)51-16-13-29-17-27(7-8-30(29)21-51)28-9-10-34-36(18-28)49(4)43(56)52(34)35-11-12-40(53)47-41(35)54/h7-10,17-20,22,35,39H,11-16,21,23-24H2,1-6H3,(H,47,53,54). The van der Waals surface area contributed by atoms with E-state index in [1.165, 1.54) is 9.13 Å². The Morgan fingerprint density at radius 2 is 1.52 bits per heavy atom. The van der Waals surface area contributed by atoms with Crippen LogP contribution in [0.15, 0.2) is 64.3 Å². The van der Waals surface area contributed by atoms with Crippen molar-refractivity contribution in [1.29, 1.82) is 0 Å². The molecule has 3 aliphatic heterocycles. The molecule has 5 heterocycles. The zero-order valence-corrected chi connectivity index (χ0v) is 33.7. The molecular formula is C44H48F2N6O6. The van der Waals surface area contributed by atoms with Crippen LogP contribution < -0.4 is 26.0 Å². The van der Waals surface area contributed by atoms with E-state index >= 15 is 8.78 Å². The number of fused-ring (bicyclic) bond motifs is 2. The molecule has 2 amide bonds. The average Bonchev–Trinajstić information content (AvgIpc) is 3.45. The van der Waals surface area contributed by atoms with Gasteiger partial charge in [0.1, 0.15) is 17.5 Å². The van der Waals surface area contributed by atoms with Crippen molar-refractivity contribution < 1.29 is 27.8 Å². The zero-order chi connectivity index (χ0) is 41.2. The fourth-order valence-electron chi connectivity index (χ4n) is 9.16. The van der Waals surface area contributed by atoms with Crippen LogP contribution >= 0.6 is 0 Å². The van der Waals surface area contributed by atoms with Crippen molar-refractivity contribution in [1.82, 2.24) is 28.8 Å². The number of hydrogen-bond donors (Lipinski definition) is 1. The molecule has 2 saturated heterocycles. The Morgan fingerprint density at radius 3 is 2.21 bits per heavy atom. The van der Waals surface area contributed by atoms with E-state index in [1.54, 1.807) is 50.9 Å². The third-order valence-corrected chi connectivity index (χ3v) is 12.5. The Hall–Kier alpha value is -5.60. The number of methoxy groups -OCH3 is 2. The first-order valence-electron chi connectivity index (χ1n) is 19.6. The normalized spacial score (nSPS) is 19.9. The summed E-state index contributed by atoms with van der Waals surface area (Å²) in [5, 5.41) is 2.34. The number of imidazole rings is 1. The van der Waals surface area contributed by atoms with Crippen LogP contribution in [0.2, 0.25) is 0 Å². The second-order valence-corrected chi connectivity index (χ2v) is 15.9. The van der Waals surface area contributed by atoms with Crippen LogP contribution in [-0.4, -0.2) is 81.1 Å². The Labute approximate surface area is 334 Å². The summed E-state index contributed by atoms with van der Waals surface area (Å²) in [6, 6.07) is 13.9. The summed E-state index contributed by atoms with van der Waals surface area (Å²) in [4.78, 5) is 53.9. The summed E-state index contributed by atoms with van der Waals surface area (Å²) in [6.07, 6.45) is 3.15. The number of amides is 2. The Kier molecular flexibility index (Phi) is 10.1. The number of likely N-dealkylation sites (tertiary alicyclic amines) is 1. The van der Waals surface area contributed by atoms with Crippen molar-refractivity contribution >= 4 is 22.8 Å². The fourth-order valence-corrected chi connectivity index (χ4v) is 9.16. The molecule has 0 aliphatic carbocycles. The number of alkyl halides is 2. The number of pyridine rings is 1. The van der Waals surface area contributed by atoms with E-state index in [-0.39, 0.29) is 36.5 Å². The lowest BCUT2D eigenvalue weighted by atomic mass is 9.91. The maximum Gasteiger partial charge on any atom is 0.329 e. The number of imide groups is 1. The molecule has 304 valence electrons. The first kappa shape index (κ1) is 39.2. The highest BCUT2D eigenvalue weighted by atomic mass is 19.3. The molecule has 0 radical (unpaired) electrons. The first-order chi connectivity index (χ1) is 27.7. The number of aryl methyl sites for hydroxylation is 2. The Morgan fingerprint density at radius 1 is 0.810 bits per heavy atom. The number of carbonyl (C=O) groups is 2. The Balaban J connectivity index is 0.970. The molecule has 8 rings (SSSR count). The van der Waals surface area contributed by atoms with Crippen LogP contribution in [0.5, 0.6) is 11.5 Å². The molecule has 0 saturated carbocycles. The average molecular weight is 795 g/mol. The van der Waals surface area contributed by atoms with E-state index in [0.717, 1.165) is 38.9 Å². The summed E-state index contributed by atoms with van der Waals surface area (Å²) in [6.45, 7) is 4.95. The predicted molar refractivity (Wildman–Crippen MR) is 216 cm³/mol. The summed E-state index contributed by atoms with van der Waals surface area (Å²) in [7, 11) is 6.51. The number of benzene rings is 3. The highest BCUT2D eigenvalue weighted by Gasteiger charge is 2.48. The van der Waals surface area contributed by atoms with Crippen molar-refractivity contribution in [3.05, 3.63) is 103 Å². The molecule has 0 bridgehead atoms. The Bertz CT molecular complexity index is 2580. The molecule has 2 unspecified atom stereocenters. The van der Waals surface area contributed by atoms with E-state index in [4.69, 9.17) is 9.47 Å². The van der Waals surface area contributed by atoms with Crippen LogP contribution in [-0.2, 0) is 43.2 Å². The van der Waals surface area contributed by atoms with Gasteiger partial charge in [-0.05, 0) is 90.8 Å². The van der Waals surface area contributed by atoms with Crippen molar-refractivity contribution in [2.45, 2.75) is 70.6 Å². The molecule has 5 aromatic rings. The van der Waals surface area contributed by atoms with E-state index in [9.17, 15) is 19.2 Å². The predicted octanol–water partition coefficient (Wildman–Crippen LogP) is 5.25. The molecule has 3 aromatic carbocycles. The molecule has 2 fully saturated rings. The minimum atomic E-state index is -2.96. The van der Waals surface area contributed by atoms with Crippen molar-refractivity contribution in [3.8, 4) is 33.8 Å². The van der Waals surface area contributed by atoms with E-state index in [1.807, 2.05) is 54.3 Å². The minimum Gasteiger partial charge on any atom is -0.496 e. The number of hydrogen-bond acceptors (Lipinski definition) is 8. The minimum absolute atomic E-state index is 0.0625. The van der Waals surface area contributed by atoms with E-state index in [2.05, 4.69) is 11.4 Å². The number of nitrogens with one attached hydrogen (secondary N) is 1. The lowest BCUT2D eigenvalue weighted by Gasteiger charge is -2.45. The van der Waals surface area contributed by atoms with Gasteiger partial charge in [0.15, 0.2) is 0 Å². The third kappa shape index (κ3) is 6.81. The maximum absolute atomic E-state index is 16.2. The number of ether oxygens (including phenoxy) is 2. The SMILES string of the molecule is COc1cc(-c2cn(C)c(=O)c(C)c2C)cc(OC)c1CN1CCC(N2CCc3cc(-c4ccc5c(c4)n(C)c(=O)n5C4CCC(=O)NC4=O)ccc3C2)C(F)(F)C1. The van der Waals surface area contributed by atoms with Crippen LogP contribution in [0.1, 0.15) is 53.1 Å². The molecular weight excluding hydrogens is 747 g/mol. The number of aromatic nitrogens is 3. The number of piperidine rings is 2. The zero-order valence-electron chi connectivity index (χ0n) is 33.7. The molecule has 2 atom stereocenters. The highest BCUT2D eigenvalue weighted by Crippen LogP contribution is 2.40. The fraction of sp³-hybridized carbons (Fsp3) is 0.409. The second-order valence-electron chi connectivity index (χ2n) is 15.9. The smallest absolute Gasteiger partial charge is 0.329 e. The van der Waals surface area contributed by atoms with Crippen LogP contribution in [0.25, 0.3) is 33.3 Å². The lowest BCUT2D eigenvalue weighted by Crippen LogP contribution is -2.58. The van der Waals surface area contributed by atoms with Crippen molar-refractivity contribution in [2.24, 2.45) is 14.1 Å². The molecule has 58 heavy (non-hydrogen) atoms. The van der Waals surface area contributed by atoms with Crippen LogP contribution in [0.3, 0.4) is 0 Å². The number of carbonyl (C=O) groups excluding carboxylic acids is 2. The second kappa shape index (κ2) is 15.0. The van der Waals surface area contributed by atoms with Gasteiger partial charge in [-0.25, -0.2) is 13.6 Å². The van der Waals surface area contributed by atoms with Crippen molar-refractivity contribution in [3.63, 3.8) is 0 Å². The van der Waals surface area contributed by atoms with Gasteiger partial charge in [-0.15, -0.1) is 0 Å². The molecule has 2 aromatic heterocycles. The van der Waals surface area contributed by atoms with Gasteiger partial charge in [-0.2, -0.15) is 0 Å². The molecule has 12 nitrogen and oxygen atoms in total. The molecule has 0 spiro atoms. The summed E-state index contributed by atoms with van der Waals surface area (Å²) < 4.78 is 48.5. The van der Waals surface area contributed by atoms with Crippen molar-refractivity contribution in [2.75, 3.05) is 33.9 Å². The summed E-state index contributed by atoms with van der Waals surface area (Å²) in [5.74, 6) is -2.71. The summed E-state index contributed by atoms with van der Waals surface area (Å²) >= 11 is 0.